The summed E-state index contributed by atoms with van der Waals surface area (Å²) in [5.41, 5.74) is 0. The molecule has 0 aliphatic carbocycles. The first-order chi connectivity index (χ1) is 1.41. The normalized spacial score (nSPS) is 4.80. The molecule has 0 aromatic carbocycles. The Labute approximate surface area is 68.5 Å². The zero-order chi connectivity index (χ0) is 2.71. The van der Waals surface area contributed by atoms with Crippen molar-refractivity contribution < 1.29 is 53.6 Å². The Morgan fingerprint density at radius 1 is 1.60 bits per heavy atom. The van der Waals surface area contributed by atoms with E-state index in [1.165, 1.54) is 8.85 Å². The summed E-state index contributed by atoms with van der Waals surface area (Å²) in [7, 11) is 1.28. The van der Waals surface area contributed by atoms with E-state index in [0.29, 0.717) is 0 Å². The molecule has 0 unspecified atom stereocenters. The van der Waals surface area contributed by atoms with Crippen molar-refractivity contribution in [3.8, 4) is 0 Å². The van der Waals surface area contributed by atoms with Gasteiger partial charge >= 0.3 is 29.7 Å². The van der Waals surface area contributed by atoms with Gasteiger partial charge in [-0.2, -0.15) is 0 Å². The van der Waals surface area contributed by atoms with Crippen LogP contribution in [-0.2, 0) is 53.6 Å². The van der Waals surface area contributed by atoms with E-state index in [1.807, 2.05) is 14.1 Å². The van der Waals surface area contributed by atoms with Gasteiger partial charge in [0.05, 0.1) is 0 Å². The van der Waals surface area contributed by atoms with Gasteiger partial charge in [0.15, 0.2) is 0 Å². The second kappa shape index (κ2) is 16.6. The molecule has 0 atom stereocenters. The molecule has 5 heavy (non-hydrogen) atoms. The van der Waals surface area contributed by atoms with Crippen molar-refractivity contribution in [3.63, 3.8) is 0 Å². The van der Waals surface area contributed by atoms with E-state index >= 15 is 0 Å². The summed E-state index contributed by atoms with van der Waals surface area (Å²) < 4.78 is 0. The minimum Gasteiger partial charge on any atom is 0 e. The standard InChI is InChI=1S/BH2.Cu.Fe.Nb.H3Si/h1H2;;;;1H3/q+1;-1;;;. The predicted molar refractivity (Wildman–Crippen MR) is 18.5 cm³/mol. The van der Waals surface area contributed by atoms with Gasteiger partial charge in [-0.05, 0) is 0 Å². The van der Waals surface area contributed by atoms with Gasteiger partial charge in [-0.3, -0.25) is 0 Å². The molecule has 5 heteroatoms. The quantitative estimate of drug-likeness (QED) is 0.435. The van der Waals surface area contributed by atoms with Crippen molar-refractivity contribution in [2.24, 2.45) is 0 Å². The molecule has 0 nitrogen and oxygen atoms in total. The maximum atomic E-state index is 2.09. The van der Waals surface area contributed by atoms with Crippen LogP contribution in [0.4, 0.5) is 0 Å². The maximum Gasteiger partial charge on any atom is 0 e. The van der Waals surface area contributed by atoms with Crippen molar-refractivity contribution in [1.29, 1.82) is 0 Å². The molecule has 0 amide bonds. The van der Waals surface area contributed by atoms with Gasteiger partial charge in [-0.15, -0.1) is 0 Å². The number of hydrogen-bond donors (Lipinski definition) is 0. The summed E-state index contributed by atoms with van der Waals surface area (Å²) in [6.07, 6.45) is 0. The molecule has 0 fully saturated rings. The summed E-state index contributed by atoms with van der Waals surface area (Å²) in [6.45, 7) is 2.09. The summed E-state index contributed by atoms with van der Waals surface area (Å²) in [5.74, 6) is 0. The summed E-state index contributed by atoms with van der Waals surface area (Å²) in [4.78, 5) is 0. The molecule has 0 aromatic rings. The summed E-state index contributed by atoms with van der Waals surface area (Å²) >= 11 is 1.95. The molecule has 1 radical (unpaired) electrons. The zero-order valence-electron chi connectivity index (χ0n) is 3.10. The topological polar surface area (TPSA) is 0 Å². The molecule has 0 saturated heterocycles. The number of rotatable bonds is 0. The van der Waals surface area contributed by atoms with Crippen LogP contribution in [0.5, 0.6) is 0 Å². The third-order valence-corrected chi connectivity index (χ3v) is 0. The second-order valence-corrected chi connectivity index (χ2v) is 3.73. The third kappa shape index (κ3) is 23.5. The van der Waals surface area contributed by atoms with Crippen molar-refractivity contribution in [2.75, 3.05) is 0 Å². The molecule has 0 N–H and O–H groups in total. The molecule has 0 aliphatic heterocycles. The molecular formula is H5BCuFeNbSi. The van der Waals surface area contributed by atoms with Crippen molar-refractivity contribution in [3.05, 3.63) is 0 Å². The molecule has 0 aromatic heterocycles. The Hall–Kier alpha value is 2.06. The zero-order valence-corrected chi connectivity index (χ0v) is 9.35. The molecule has 0 spiro atoms. The van der Waals surface area contributed by atoms with E-state index in [-0.39, 0.29) is 39.4 Å². The smallest absolute Gasteiger partial charge is 0 e. The Morgan fingerprint density at radius 2 is 1.60 bits per heavy atom. The van der Waals surface area contributed by atoms with Crippen LogP contribution in [0.25, 0.3) is 0 Å². The Morgan fingerprint density at radius 3 is 1.60 bits per heavy atom. The first kappa shape index (κ1) is 15.7. The van der Waals surface area contributed by atoms with Gasteiger partial charge in [0.25, 0.3) is 0 Å². The first-order valence-corrected chi connectivity index (χ1v) is 4.97. The van der Waals surface area contributed by atoms with Gasteiger partial charge in [0.1, 0.15) is 0 Å². The van der Waals surface area contributed by atoms with Gasteiger partial charge in [0, 0.05) is 39.4 Å². The molecular weight excluding hydrogens is 251 g/mol. The van der Waals surface area contributed by atoms with Crippen LogP contribution < -0.4 is 0 Å². The Balaban J connectivity index is -0.0000000200. The fourth-order valence-corrected chi connectivity index (χ4v) is 0. The predicted octanol–water partition coefficient (Wildman–Crippen LogP) is -2.11. The Bertz CT molecular complexity index is 11.6. The van der Waals surface area contributed by atoms with E-state index in [2.05, 4.69) is 6.66 Å². The van der Waals surface area contributed by atoms with Crippen LogP contribution in [0.3, 0.4) is 0 Å². The van der Waals surface area contributed by atoms with E-state index in [1.54, 1.807) is 0 Å². The molecule has 0 aliphatic rings. The van der Waals surface area contributed by atoms with Crippen molar-refractivity contribution in [1.82, 2.24) is 0 Å². The molecule has 36 valence electrons. The fourth-order valence-electron chi connectivity index (χ4n) is 0. The van der Waals surface area contributed by atoms with Crippen LogP contribution in [-0.4, -0.2) is 15.5 Å². The van der Waals surface area contributed by atoms with E-state index in [4.69, 9.17) is 0 Å². The molecule has 0 heterocycles. The van der Waals surface area contributed by atoms with Gasteiger partial charge in [-0.25, -0.2) is 0 Å². The van der Waals surface area contributed by atoms with Crippen LogP contribution in [0.1, 0.15) is 0 Å². The van der Waals surface area contributed by atoms with Crippen molar-refractivity contribution >= 4 is 15.5 Å². The maximum absolute atomic E-state index is 2.09. The molecule has 0 saturated carbocycles. The average Bonchev–Trinajstić information content (AvgIpc) is 0.918. The van der Waals surface area contributed by atoms with Crippen LogP contribution in [0, 0.1) is 0 Å². The summed E-state index contributed by atoms with van der Waals surface area (Å²) in [6, 6.07) is 0. The SMILES string of the molecule is [BH2][Cu][SiH3].[Fe].[Nb]. The molecule has 0 rings (SSSR count). The van der Waals surface area contributed by atoms with Gasteiger partial charge in [0.2, 0.25) is 0 Å². The third-order valence-electron chi connectivity index (χ3n) is 0. The van der Waals surface area contributed by atoms with E-state index in [0.717, 1.165) is 0 Å². The largest absolute Gasteiger partial charge is 0 e. The Kier molecular flexibility index (Phi) is 52.1. The van der Waals surface area contributed by atoms with Crippen molar-refractivity contribution in [2.45, 2.75) is 0 Å². The monoisotopic (exact) mass is 256 g/mol. The first-order valence-electron chi connectivity index (χ1n) is 0.603. The van der Waals surface area contributed by atoms with Gasteiger partial charge < -0.3 is 0 Å². The molecule has 0 bridgehead atoms. The fraction of sp³-hybridized carbons (Fsp3) is 0. The van der Waals surface area contributed by atoms with E-state index in [9.17, 15) is 0 Å². The number of hydrogen-bond acceptors (Lipinski definition) is 0. The second-order valence-electron chi connectivity index (χ2n) is 0.302. The minimum absolute atomic E-state index is 0. The minimum atomic E-state index is 0. The van der Waals surface area contributed by atoms with Crippen LogP contribution in [0.15, 0.2) is 0 Å². The van der Waals surface area contributed by atoms with E-state index < -0.39 is 0 Å². The van der Waals surface area contributed by atoms with Crippen LogP contribution >= 0.6 is 0 Å². The average molecular weight is 256 g/mol. The summed E-state index contributed by atoms with van der Waals surface area (Å²) in [5, 5.41) is 0. The van der Waals surface area contributed by atoms with Crippen LogP contribution in [0.2, 0.25) is 0 Å². The van der Waals surface area contributed by atoms with Gasteiger partial charge in [-0.1, -0.05) is 0 Å².